The zero-order chi connectivity index (χ0) is 18.2. The number of aromatic nitrogens is 3. The van der Waals surface area contributed by atoms with E-state index in [2.05, 4.69) is 10.2 Å². The van der Waals surface area contributed by atoms with Crippen molar-refractivity contribution in [3.63, 3.8) is 0 Å². The molecular weight excluding hydrogens is 394 g/mol. The first kappa shape index (κ1) is 16.8. The van der Waals surface area contributed by atoms with E-state index in [1.165, 1.54) is 11.8 Å². The third-order valence-electron chi connectivity index (χ3n) is 4.40. The van der Waals surface area contributed by atoms with Gasteiger partial charge in [0.2, 0.25) is 5.16 Å². The second kappa shape index (κ2) is 6.99. The van der Waals surface area contributed by atoms with Crippen molar-refractivity contribution in [1.82, 2.24) is 15.2 Å². The molecule has 1 aliphatic rings. The Morgan fingerprint density at radius 1 is 0.889 bits per heavy atom. The first-order valence-corrected chi connectivity index (χ1v) is 11.0. The minimum absolute atomic E-state index is 0.152. The second-order valence-electron chi connectivity index (χ2n) is 6.08. The maximum atomic E-state index is 12.7. The van der Waals surface area contributed by atoms with Crippen LogP contribution in [0, 0.1) is 0 Å². The Bertz CT molecular complexity index is 1110. The average molecular weight is 408 g/mol. The number of Topliss-reactive ketones (excluding diaryl/α,β-unsaturated/α-hetero) is 1. The molecule has 1 aliphatic carbocycles. The molecule has 3 heterocycles. The lowest BCUT2D eigenvalue weighted by molar-refractivity contribution is 0.1000. The van der Waals surface area contributed by atoms with Crippen molar-refractivity contribution in [2.75, 3.05) is 0 Å². The van der Waals surface area contributed by atoms with Crippen molar-refractivity contribution >= 4 is 40.2 Å². The predicted molar refractivity (Wildman–Crippen MR) is 111 cm³/mol. The van der Waals surface area contributed by atoms with Crippen LogP contribution in [0.15, 0.2) is 64.4 Å². The molecule has 7 heteroatoms. The van der Waals surface area contributed by atoms with Gasteiger partial charge in [-0.25, -0.2) is 4.98 Å². The number of thioether (sulfide) groups is 1. The van der Waals surface area contributed by atoms with Gasteiger partial charge >= 0.3 is 0 Å². The van der Waals surface area contributed by atoms with Crippen LogP contribution in [-0.4, -0.2) is 26.2 Å². The van der Waals surface area contributed by atoms with Crippen LogP contribution in [0.25, 0.3) is 21.1 Å². The van der Waals surface area contributed by atoms with Gasteiger partial charge in [0.05, 0.1) is 15.0 Å². The van der Waals surface area contributed by atoms with Crippen LogP contribution in [0.2, 0.25) is 0 Å². The standard InChI is InChI=1S/C20H13N3OS3/c24-19-13-6-2-1-5-12(13)11-16(19)27-20-21-17(14-7-3-9-25-14)18(22-23-20)15-8-4-10-26-15/h1-10,16H,11H2. The minimum atomic E-state index is -0.187. The van der Waals surface area contributed by atoms with E-state index in [1.807, 2.05) is 59.3 Å². The molecule has 132 valence electrons. The maximum absolute atomic E-state index is 12.7. The molecular formula is C20H13N3OS3. The Labute approximate surface area is 168 Å². The van der Waals surface area contributed by atoms with E-state index >= 15 is 0 Å². The van der Waals surface area contributed by atoms with Crippen molar-refractivity contribution in [3.05, 3.63) is 70.4 Å². The fraction of sp³-hybridized carbons (Fsp3) is 0.100. The average Bonchev–Trinajstić information content (AvgIpc) is 3.45. The SMILES string of the molecule is O=C1c2ccccc2CC1Sc1nnc(-c2cccs2)c(-c2cccs2)n1. The molecule has 0 N–H and O–H groups in total. The molecule has 5 rings (SSSR count). The normalized spacial score (nSPS) is 15.9. The summed E-state index contributed by atoms with van der Waals surface area (Å²) in [6.07, 6.45) is 0.712. The molecule has 0 aliphatic heterocycles. The fourth-order valence-electron chi connectivity index (χ4n) is 3.15. The summed E-state index contributed by atoms with van der Waals surface area (Å²) in [5, 5.41) is 13.2. The number of nitrogens with zero attached hydrogens (tertiary/aromatic N) is 3. The molecule has 0 saturated carbocycles. The Morgan fingerprint density at radius 3 is 2.33 bits per heavy atom. The van der Waals surface area contributed by atoms with E-state index in [-0.39, 0.29) is 11.0 Å². The monoisotopic (exact) mass is 407 g/mol. The summed E-state index contributed by atoms with van der Waals surface area (Å²) in [4.78, 5) is 19.6. The fourth-order valence-corrected chi connectivity index (χ4v) is 5.56. The van der Waals surface area contributed by atoms with E-state index in [0.29, 0.717) is 11.6 Å². The number of fused-ring (bicyclic) bond motifs is 1. The molecule has 1 aromatic carbocycles. The van der Waals surface area contributed by atoms with Crippen LogP contribution < -0.4 is 0 Å². The van der Waals surface area contributed by atoms with E-state index < -0.39 is 0 Å². The molecule has 27 heavy (non-hydrogen) atoms. The molecule has 0 bridgehead atoms. The summed E-state index contributed by atoms with van der Waals surface area (Å²) in [5.74, 6) is 0.152. The number of rotatable bonds is 4. The van der Waals surface area contributed by atoms with Crippen molar-refractivity contribution in [2.24, 2.45) is 0 Å². The van der Waals surface area contributed by atoms with Crippen molar-refractivity contribution < 1.29 is 4.79 Å². The smallest absolute Gasteiger partial charge is 0.210 e. The molecule has 0 spiro atoms. The van der Waals surface area contributed by atoms with Crippen LogP contribution >= 0.6 is 34.4 Å². The summed E-state index contributed by atoms with van der Waals surface area (Å²) in [7, 11) is 0. The van der Waals surface area contributed by atoms with Crippen LogP contribution in [0.4, 0.5) is 0 Å². The van der Waals surface area contributed by atoms with Crippen molar-refractivity contribution in [1.29, 1.82) is 0 Å². The zero-order valence-electron chi connectivity index (χ0n) is 14.0. The van der Waals surface area contributed by atoms with E-state index in [0.717, 1.165) is 32.3 Å². The summed E-state index contributed by atoms with van der Waals surface area (Å²) in [6, 6.07) is 15.9. The van der Waals surface area contributed by atoms with Crippen LogP contribution in [0.1, 0.15) is 15.9 Å². The highest BCUT2D eigenvalue weighted by molar-refractivity contribution is 8.00. The Balaban J connectivity index is 1.50. The van der Waals surface area contributed by atoms with Crippen LogP contribution in [-0.2, 0) is 6.42 Å². The van der Waals surface area contributed by atoms with Crippen molar-refractivity contribution in [3.8, 4) is 21.1 Å². The quantitative estimate of drug-likeness (QED) is 0.464. The van der Waals surface area contributed by atoms with E-state index in [1.54, 1.807) is 22.7 Å². The maximum Gasteiger partial charge on any atom is 0.210 e. The highest BCUT2D eigenvalue weighted by atomic mass is 32.2. The minimum Gasteiger partial charge on any atom is -0.293 e. The van der Waals surface area contributed by atoms with Crippen molar-refractivity contribution in [2.45, 2.75) is 16.8 Å². The Morgan fingerprint density at radius 2 is 1.63 bits per heavy atom. The first-order chi connectivity index (χ1) is 13.3. The first-order valence-electron chi connectivity index (χ1n) is 8.41. The third-order valence-corrected chi connectivity index (χ3v) is 7.21. The largest absolute Gasteiger partial charge is 0.293 e. The summed E-state index contributed by atoms with van der Waals surface area (Å²) < 4.78 is 0. The highest BCUT2D eigenvalue weighted by Crippen LogP contribution is 2.37. The number of carbonyl (C=O) groups excluding carboxylic acids is 1. The summed E-state index contributed by atoms with van der Waals surface area (Å²) in [5.41, 5.74) is 3.53. The van der Waals surface area contributed by atoms with E-state index in [4.69, 9.17) is 4.98 Å². The van der Waals surface area contributed by atoms with Gasteiger partial charge < -0.3 is 0 Å². The third kappa shape index (κ3) is 3.12. The molecule has 0 saturated heterocycles. The molecule has 4 nitrogen and oxygen atoms in total. The number of hydrogen-bond acceptors (Lipinski definition) is 7. The molecule has 0 radical (unpaired) electrons. The van der Waals surface area contributed by atoms with Gasteiger partial charge in [-0.1, -0.05) is 48.2 Å². The van der Waals surface area contributed by atoms with Gasteiger partial charge in [0.15, 0.2) is 5.78 Å². The van der Waals surface area contributed by atoms with Gasteiger partial charge in [-0.15, -0.1) is 32.9 Å². The number of hydrogen-bond donors (Lipinski definition) is 0. The lowest BCUT2D eigenvalue weighted by Crippen LogP contribution is -2.12. The number of ketones is 1. The summed E-state index contributed by atoms with van der Waals surface area (Å²) in [6.45, 7) is 0. The Hall–Kier alpha value is -2.35. The highest BCUT2D eigenvalue weighted by Gasteiger charge is 2.32. The second-order valence-corrected chi connectivity index (χ2v) is 9.14. The lowest BCUT2D eigenvalue weighted by atomic mass is 10.1. The van der Waals surface area contributed by atoms with Gasteiger partial charge in [-0.2, -0.15) is 0 Å². The Kier molecular flexibility index (Phi) is 4.35. The molecule has 4 aromatic rings. The predicted octanol–water partition coefficient (Wildman–Crippen LogP) is 5.23. The zero-order valence-corrected chi connectivity index (χ0v) is 16.5. The number of benzene rings is 1. The van der Waals surface area contributed by atoms with Crippen LogP contribution in [0.3, 0.4) is 0 Å². The van der Waals surface area contributed by atoms with Gasteiger partial charge in [0, 0.05) is 5.56 Å². The van der Waals surface area contributed by atoms with Crippen LogP contribution in [0.5, 0.6) is 0 Å². The number of thiophene rings is 2. The molecule has 0 amide bonds. The van der Waals surface area contributed by atoms with Gasteiger partial charge in [-0.3, -0.25) is 4.79 Å². The van der Waals surface area contributed by atoms with Gasteiger partial charge in [0.25, 0.3) is 0 Å². The topological polar surface area (TPSA) is 55.7 Å². The van der Waals surface area contributed by atoms with E-state index in [9.17, 15) is 4.79 Å². The molecule has 3 aromatic heterocycles. The molecule has 1 atom stereocenters. The summed E-state index contributed by atoms with van der Waals surface area (Å²) >= 11 is 4.65. The van der Waals surface area contributed by atoms with Gasteiger partial charge in [-0.05, 0) is 34.9 Å². The number of carbonyl (C=O) groups is 1. The molecule has 0 fully saturated rings. The lowest BCUT2D eigenvalue weighted by Gasteiger charge is -2.09. The molecule has 1 unspecified atom stereocenters. The van der Waals surface area contributed by atoms with Gasteiger partial charge in [0.1, 0.15) is 11.4 Å².